The van der Waals surface area contributed by atoms with Gasteiger partial charge in [0.25, 0.3) is 0 Å². The zero-order chi connectivity index (χ0) is 15.0. The Morgan fingerprint density at radius 2 is 1.25 bits per heavy atom. The van der Waals surface area contributed by atoms with Crippen molar-refractivity contribution in [2.75, 3.05) is 7.11 Å². The number of benzene rings is 2. The van der Waals surface area contributed by atoms with Gasteiger partial charge in [0.05, 0.1) is 37.2 Å². The average molecular weight is 391 g/mol. The molecule has 7 heteroatoms. The van der Waals surface area contributed by atoms with E-state index in [2.05, 4.69) is 0 Å². The molecule has 0 saturated carbocycles. The fourth-order valence-corrected chi connectivity index (χ4v) is 3.57. The molecule has 0 aliphatic rings. The Morgan fingerprint density at radius 3 is 1.85 bits per heavy atom. The highest BCUT2D eigenvalue weighted by atomic mass is 35.5. The van der Waals surface area contributed by atoms with Crippen LogP contribution in [0, 0.1) is 0 Å². The van der Waals surface area contributed by atoms with E-state index in [4.69, 9.17) is 74.3 Å². The molecule has 0 heterocycles. The van der Waals surface area contributed by atoms with Gasteiger partial charge in [-0.1, -0.05) is 69.6 Å². The lowest BCUT2D eigenvalue weighted by molar-refractivity contribution is 0.415. The minimum Gasteiger partial charge on any atom is -0.494 e. The normalized spacial score (nSPS) is 10.8. The Labute approximate surface area is 146 Å². The smallest absolute Gasteiger partial charge is 0.156 e. The standard InChI is InChI=1S/C13H6Cl6O/c1-20-13-8(17)4-7(16)10(12(13)19)9-5(14)2-3-6(15)11(9)18/h2-4H,1H3. The Hall–Kier alpha value is -0.0200. The number of rotatable bonds is 2. The summed E-state index contributed by atoms with van der Waals surface area (Å²) in [4.78, 5) is 0. The lowest BCUT2D eigenvalue weighted by Gasteiger charge is -2.15. The second-order valence-corrected chi connectivity index (χ2v) is 6.17. The molecule has 0 aliphatic heterocycles. The summed E-state index contributed by atoms with van der Waals surface area (Å²) < 4.78 is 5.16. The fourth-order valence-electron chi connectivity index (χ4n) is 1.74. The molecule has 106 valence electrons. The molecule has 20 heavy (non-hydrogen) atoms. The molecule has 0 fully saturated rings. The Bertz CT molecular complexity index is 683. The first-order valence-electron chi connectivity index (χ1n) is 5.23. The van der Waals surface area contributed by atoms with Crippen molar-refractivity contribution in [2.45, 2.75) is 0 Å². The summed E-state index contributed by atoms with van der Waals surface area (Å²) >= 11 is 36.9. The molecule has 0 N–H and O–H groups in total. The first-order chi connectivity index (χ1) is 9.38. The lowest BCUT2D eigenvalue weighted by atomic mass is 10.0. The van der Waals surface area contributed by atoms with Gasteiger partial charge in [0.1, 0.15) is 0 Å². The van der Waals surface area contributed by atoms with E-state index in [1.54, 1.807) is 12.1 Å². The SMILES string of the molecule is COc1c(Cl)cc(Cl)c(-c2c(Cl)ccc(Cl)c2Cl)c1Cl. The first kappa shape index (κ1) is 16.4. The van der Waals surface area contributed by atoms with E-state index in [-0.39, 0.29) is 10.0 Å². The lowest BCUT2D eigenvalue weighted by Crippen LogP contribution is -1.92. The largest absolute Gasteiger partial charge is 0.494 e. The second-order valence-electron chi connectivity index (χ2n) is 3.78. The second kappa shape index (κ2) is 6.39. The summed E-state index contributed by atoms with van der Waals surface area (Å²) in [5, 5.41) is 1.77. The molecule has 2 aromatic rings. The Kier molecular flexibility index (Phi) is 5.23. The molecular formula is C13H6Cl6O. The third kappa shape index (κ3) is 2.81. The minimum atomic E-state index is 0.219. The summed E-state index contributed by atoms with van der Waals surface area (Å²) in [6.45, 7) is 0. The van der Waals surface area contributed by atoms with Gasteiger partial charge in [0, 0.05) is 11.1 Å². The highest BCUT2D eigenvalue weighted by molar-refractivity contribution is 6.49. The van der Waals surface area contributed by atoms with Crippen LogP contribution in [0.15, 0.2) is 18.2 Å². The molecule has 0 spiro atoms. The molecule has 0 aromatic heterocycles. The minimum absolute atomic E-state index is 0.219. The predicted molar refractivity (Wildman–Crippen MR) is 88.5 cm³/mol. The van der Waals surface area contributed by atoms with Crippen molar-refractivity contribution in [2.24, 2.45) is 0 Å². The van der Waals surface area contributed by atoms with Crippen LogP contribution in [0.25, 0.3) is 11.1 Å². The van der Waals surface area contributed by atoms with Gasteiger partial charge in [0.2, 0.25) is 0 Å². The van der Waals surface area contributed by atoms with E-state index >= 15 is 0 Å². The maximum Gasteiger partial charge on any atom is 0.156 e. The molecule has 0 radical (unpaired) electrons. The average Bonchev–Trinajstić information content (AvgIpc) is 2.38. The predicted octanol–water partition coefficient (Wildman–Crippen LogP) is 7.28. The molecular weight excluding hydrogens is 385 g/mol. The van der Waals surface area contributed by atoms with Crippen molar-refractivity contribution in [3.8, 4) is 16.9 Å². The summed E-state index contributed by atoms with van der Waals surface area (Å²) in [6, 6.07) is 4.71. The van der Waals surface area contributed by atoms with Crippen LogP contribution in [0.5, 0.6) is 5.75 Å². The molecule has 0 saturated heterocycles. The number of hydrogen-bond acceptors (Lipinski definition) is 1. The van der Waals surface area contributed by atoms with E-state index in [9.17, 15) is 0 Å². The van der Waals surface area contributed by atoms with E-state index < -0.39 is 0 Å². The van der Waals surface area contributed by atoms with E-state index in [0.717, 1.165) is 0 Å². The molecule has 0 amide bonds. The van der Waals surface area contributed by atoms with Crippen LogP contribution >= 0.6 is 69.6 Å². The number of hydrogen-bond donors (Lipinski definition) is 0. The number of ether oxygens (including phenoxy) is 1. The monoisotopic (exact) mass is 388 g/mol. The maximum atomic E-state index is 6.30. The topological polar surface area (TPSA) is 9.23 Å². The maximum absolute atomic E-state index is 6.30. The van der Waals surface area contributed by atoms with Crippen molar-refractivity contribution in [3.63, 3.8) is 0 Å². The summed E-state index contributed by atoms with van der Waals surface area (Å²) in [5.41, 5.74) is 0.859. The van der Waals surface area contributed by atoms with Crippen LogP contribution < -0.4 is 4.74 Å². The van der Waals surface area contributed by atoms with Crippen LogP contribution in [-0.4, -0.2) is 7.11 Å². The van der Waals surface area contributed by atoms with Gasteiger partial charge in [-0.15, -0.1) is 0 Å². The fraction of sp³-hybridized carbons (Fsp3) is 0.0769. The third-order valence-electron chi connectivity index (χ3n) is 2.63. The zero-order valence-electron chi connectivity index (χ0n) is 9.91. The van der Waals surface area contributed by atoms with Gasteiger partial charge < -0.3 is 4.74 Å². The van der Waals surface area contributed by atoms with E-state index in [0.29, 0.717) is 37.0 Å². The Balaban J connectivity index is 2.87. The zero-order valence-corrected chi connectivity index (χ0v) is 14.4. The highest BCUT2D eigenvalue weighted by Crippen LogP contribution is 2.49. The van der Waals surface area contributed by atoms with Gasteiger partial charge >= 0.3 is 0 Å². The molecule has 0 atom stereocenters. The van der Waals surface area contributed by atoms with Crippen LogP contribution in [-0.2, 0) is 0 Å². The highest BCUT2D eigenvalue weighted by Gasteiger charge is 2.22. The molecule has 1 nitrogen and oxygen atoms in total. The van der Waals surface area contributed by atoms with Crippen molar-refractivity contribution in [3.05, 3.63) is 48.3 Å². The van der Waals surface area contributed by atoms with Crippen LogP contribution in [0.4, 0.5) is 0 Å². The quantitative estimate of drug-likeness (QED) is 0.489. The van der Waals surface area contributed by atoms with E-state index in [1.165, 1.54) is 13.2 Å². The summed E-state index contributed by atoms with van der Waals surface area (Å²) in [5.74, 6) is 0.292. The number of halogens is 6. The third-order valence-corrected chi connectivity index (χ3v) is 4.68. The summed E-state index contributed by atoms with van der Waals surface area (Å²) in [6.07, 6.45) is 0. The number of methoxy groups -OCH3 is 1. The van der Waals surface area contributed by atoms with Crippen molar-refractivity contribution in [1.29, 1.82) is 0 Å². The van der Waals surface area contributed by atoms with Crippen LogP contribution in [0.1, 0.15) is 0 Å². The van der Waals surface area contributed by atoms with Gasteiger partial charge in [0.15, 0.2) is 5.75 Å². The molecule has 2 rings (SSSR count). The van der Waals surface area contributed by atoms with Crippen molar-refractivity contribution in [1.82, 2.24) is 0 Å². The van der Waals surface area contributed by atoms with Crippen LogP contribution in [0.2, 0.25) is 30.1 Å². The van der Waals surface area contributed by atoms with Gasteiger partial charge in [-0.3, -0.25) is 0 Å². The first-order valence-corrected chi connectivity index (χ1v) is 7.50. The molecule has 0 aliphatic carbocycles. The Morgan fingerprint density at radius 1 is 0.700 bits per heavy atom. The summed E-state index contributed by atoms with van der Waals surface area (Å²) in [7, 11) is 1.45. The molecule has 2 aromatic carbocycles. The van der Waals surface area contributed by atoms with E-state index in [1.807, 2.05) is 0 Å². The van der Waals surface area contributed by atoms with Crippen molar-refractivity contribution < 1.29 is 4.74 Å². The molecule has 0 unspecified atom stereocenters. The van der Waals surface area contributed by atoms with Crippen molar-refractivity contribution >= 4 is 69.6 Å². The molecule has 0 bridgehead atoms. The van der Waals surface area contributed by atoms with Crippen LogP contribution in [0.3, 0.4) is 0 Å². The van der Waals surface area contributed by atoms with Gasteiger partial charge in [-0.2, -0.15) is 0 Å². The van der Waals surface area contributed by atoms with Gasteiger partial charge in [-0.25, -0.2) is 0 Å². The van der Waals surface area contributed by atoms with Gasteiger partial charge in [-0.05, 0) is 18.2 Å².